The Labute approximate surface area is 129 Å². The third-order valence-corrected chi connectivity index (χ3v) is 7.04. The average molecular weight is 391 g/mol. The summed E-state index contributed by atoms with van der Waals surface area (Å²) in [6.07, 6.45) is 0.550. The molecule has 0 spiro atoms. The van der Waals surface area contributed by atoms with Gasteiger partial charge in [0.25, 0.3) is 10.0 Å². The molecule has 1 heterocycles. The van der Waals surface area contributed by atoms with Crippen molar-refractivity contribution in [1.29, 1.82) is 0 Å². The summed E-state index contributed by atoms with van der Waals surface area (Å²) in [6.45, 7) is 3.48. The van der Waals surface area contributed by atoms with Gasteiger partial charge in [-0.25, -0.2) is 8.42 Å². The third kappa shape index (κ3) is 4.16. The predicted molar refractivity (Wildman–Crippen MR) is 78.2 cm³/mol. The van der Waals surface area contributed by atoms with Crippen molar-refractivity contribution in [2.75, 3.05) is 0 Å². The molecule has 2 N–H and O–H groups in total. The fourth-order valence-corrected chi connectivity index (χ4v) is 5.04. The van der Waals surface area contributed by atoms with Gasteiger partial charge in [0.2, 0.25) is 0 Å². The maximum Gasteiger partial charge on any atom is 0.322 e. The van der Waals surface area contributed by atoms with Crippen LogP contribution in [0.25, 0.3) is 0 Å². The number of carboxylic acid groups (broad SMARTS) is 1. The molecule has 0 radical (unpaired) electrons. The van der Waals surface area contributed by atoms with E-state index in [-0.39, 0.29) is 15.1 Å². The van der Waals surface area contributed by atoms with Crippen LogP contribution in [0.5, 0.6) is 0 Å². The highest BCUT2D eigenvalue weighted by atomic mass is 79.9. The lowest BCUT2D eigenvalue weighted by atomic mass is 10.0. The lowest BCUT2D eigenvalue weighted by Gasteiger charge is -2.19. The highest BCUT2D eigenvalue weighted by Gasteiger charge is 2.30. The van der Waals surface area contributed by atoms with Gasteiger partial charge in [0.05, 0.1) is 8.81 Å². The number of sulfonamides is 1. The molecule has 0 fully saturated rings. The van der Waals surface area contributed by atoms with Crippen molar-refractivity contribution >= 4 is 54.9 Å². The summed E-state index contributed by atoms with van der Waals surface area (Å²) in [5, 5.41) is 9.36. The number of hydrogen-bond acceptors (Lipinski definition) is 4. The normalized spacial score (nSPS) is 15.2. The molecule has 108 valence electrons. The van der Waals surface area contributed by atoms with E-state index in [0.29, 0.717) is 10.2 Å². The van der Waals surface area contributed by atoms with E-state index < -0.39 is 22.0 Å². The van der Waals surface area contributed by atoms with Gasteiger partial charge in [0.1, 0.15) is 10.3 Å². The van der Waals surface area contributed by atoms with Crippen molar-refractivity contribution in [1.82, 2.24) is 4.72 Å². The van der Waals surface area contributed by atoms with Crippen molar-refractivity contribution in [3.8, 4) is 0 Å². The fourth-order valence-electron chi connectivity index (χ4n) is 1.33. The summed E-state index contributed by atoms with van der Waals surface area (Å²) >= 11 is 9.84. The van der Waals surface area contributed by atoms with E-state index >= 15 is 0 Å². The molecule has 1 aromatic heterocycles. The van der Waals surface area contributed by atoms with Crippen LogP contribution in [0.3, 0.4) is 0 Å². The number of hydrogen-bond donors (Lipinski definition) is 2. The first kappa shape index (κ1) is 16.9. The molecule has 2 atom stereocenters. The van der Waals surface area contributed by atoms with Gasteiger partial charge in [-0.2, -0.15) is 4.72 Å². The Morgan fingerprint density at radius 2 is 2.21 bits per heavy atom. The van der Waals surface area contributed by atoms with Crippen LogP contribution in [-0.2, 0) is 14.8 Å². The maximum absolute atomic E-state index is 12.1. The number of nitrogens with one attached hydrogen (secondary N) is 1. The number of aliphatic carboxylic acids is 1. The van der Waals surface area contributed by atoms with Crippen LogP contribution < -0.4 is 4.72 Å². The summed E-state index contributed by atoms with van der Waals surface area (Å²) in [7, 11) is -3.89. The van der Waals surface area contributed by atoms with Crippen LogP contribution in [0, 0.1) is 5.92 Å². The van der Waals surface area contributed by atoms with Gasteiger partial charge < -0.3 is 5.11 Å². The van der Waals surface area contributed by atoms with Gasteiger partial charge in [-0.15, -0.1) is 11.3 Å². The largest absolute Gasteiger partial charge is 0.480 e. The Morgan fingerprint density at radius 1 is 1.63 bits per heavy atom. The van der Waals surface area contributed by atoms with Gasteiger partial charge in [0.15, 0.2) is 0 Å². The highest BCUT2D eigenvalue weighted by molar-refractivity contribution is 9.11. The summed E-state index contributed by atoms with van der Waals surface area (Å²) in [4.78, 5) is 11.1. The highest BCUT2D eigenvalue weighted by Crippen LogP contribution is 2.34. The quantitative estimate of drug-likeness (QED) is 0.782. The van der Waals surface area contributed by atoms with Crippen molar-refractivity contribution in [2.45, 2.75) is 30.5 Å². The van der Waals surface area contributed by atoms with Gasteiger partial charge in [-0.1, -0.05) is 31.9 Å². The molecular weight excluding hydrogens is 378 g/mol. The van der Waals surface area contributed by atoms with Crippen molar-refractivity contribution in [2.24, 2.45) is 5.92 Å². The van der Waals surface area contributed by atoms with Crippen molar-refractivity contribution in [3.63, 3.8) is 0 Å². The summed E-state index contributed by atoms with van der Waals surface area (Å²) in [5.74, 6) is -1.51. The van der Waals surface area contributed by atoms with E-state index in [9.17, 15) is 13.2 Å². The Balaban J connectivity index is 3.04. The van der Waals surface area contributed by atoms with E-state index in [1.54, 1.807) is 13.8 Å². The lowest BCUT2D eigenvalue weighted by Crippen LogP contribution is -2.44. The Morgan fingerprint density at radius 3 is 2.58 bits per heavy atom. The molecule has 9 heteroatoms. The SMILES string of the molecule is CCC(C)[C@H](NS(=O)(=O)c1cc(Cl)c(Br)s1)C(=O)O. The van der Waals surface area contributed by atoms with Crippen LogP contribution in [0.2, 0.25) is 5.02 Å². The second-order valence-corrected chi connectivity index (χ2v) is 8.73. The molecule has 5 nitrogen and oxygen atoms in total. The zero-order valence-electron chi connectivity index (χ0n) is 10.2. The Kier molecular flexibility index (Phi) is 5.81. The molecule has 1 aromatic rings. The summed E-state index contributed by atoms with van der Waals surface area (Å²) in [6, 6.07) is 0.128. The van der Waals surface area contributed by atoms with E-state index in [0.717, 1.165) is 11.3 Å². The van der Waals surface area contributed by atoms with Crippen LogP contribution >= 0.6 is 38.9 Å². The standard InChI is InChI=1S/C10H13BrClNO4S2/c1-3-5(2)8(10(14)15)13-19(16,17)7-4-6(12)9(11)18-7/h4-5,8,13H,3H2,1-2H3,(H,14,15)/t5?,8-/m0/s1. The maximum atomic E-state index is 12.1. The van der Waals surface area contributed by atoms with Gasteiger partial charge in [0, 0.05) is 0 Å². The molecule has 19 heavy (non-hydrogen) atoms. The molecule has 0 aliphatic rings. The number of rotatable bonds is 6. The molecule has 0 amide bonds. The molecule has 0 aliphatic heterocycles. The molecular formula is C10H13BrClNO4S2. The minimum atomic E-state index is -3.89. The van der Waals surface area contributed by atoms with E-state index in [4.69, 9.17) is 16.7 Å². The zero-order valence-corrected chi connectivity index (χ0v) is 14.2. The number of carboxylic acids is 1. The van der Waals surface area contributed by atoms with Crippen molar-refractivity contribution < 1.29 is 18.3 Å². The average Bonchev–Trinajstić information content (AvgIpc) is 2.66. The van der Waals surface area contributed by atoms with Crippen molar-refractivity contribution in [3.05, 3.63) is 14.9 Å². The summed E-state index contributed by atoms with van der Waals surface area (Å²) in [5.41, 5.74) is 0. The zero-order chi connectivity index (χ0) is 14.8. The number of halogens is 2. The van der Waals surface area contributed by atoms with Crippen LogP contribution in [0.1, 0.15) is 20.3 Å². The molecule has 0 aromatic carbocycles. The minimum absolute atomic E-state index is 0.0149. The first-order valence-corrected chi connectivity index (χ1v) is 8.86. The minimum Gasteiger partial charge on any atom is -0.480 e. The first-order chi connectivity index (χ1) is 8.69. The second-order valence-electron chi connectivity index (χ2n) is 4.01. The van der Waals surface area contributed by atoms with Crippen LogP contribution in [-0.4, -0.2) is 25.5 Å². The van der Waals surface area contributed by atoms with E-state index in [2.05, 4.69) is 20.7 Å². The smallest absolute Gasteiger partial charge is 0.322 e. The van der Waals surface area contributed by atoms with Crippen LogP contribution in [0.4, 0.5) is 0 Å². The number of carbonyl (C=O) groups is 1. The van der Waals surface area contributed by atoms with Crippen LogP contribution in [0.15, 0.2) is 14.1 Å². The lowest BCUT2D eigenvalue weighted by molar-refractivity contribution is -0.140. The second kappa shape index (κ2) is 6.53. The third-order valence-electron chi connectivity index (χ3n) is 2.65. The van der Waals surface area contributed by atoms with Gasteiger partial charge in [-0.05, 0) is 27.9 Å². The predicted octanol–water partition coefficient (Wildman–Crippen LogP) is 2.94. The Bertz CT molecular complexity index is 553. The Hall–Kier alpha value is -0.150. The topological polar surface area (TPSA) is 83.5 Å². The molecule has 0 aliphatic carbocycles. The molecule has 0 bridgehead atoms. The van der Waals surface area contributed by atoms with Gasteiger partial charge >= 0.3 is 5.97 Å². The summed E-state index contributed by atoms with van der Waals surface area (Å²) < 4.78 is 26.9. The first-order valence-electron chi connectivity index (χ1n) is 5.39. The van der Waals surface area contributed by atoms with E-state index in [1.807, 2.05) is 0 Å². The molecule has 0 saturated heterocycles. The van der Waals surface area contributed by atoms with Gasteiger partial charge in [-0.3, -0.25) is 4.79 Å². The monoisotopic (exact) mass is 389 g/mol. The van der Waals surface area contributed by atoms with E-state index in [1.165, 1.54) is 6.07 Å². The molecule has 1 rings (SSSR count). The molecule has 0 saturated carbocycles. The fraction of sp³-hybridized carbons (Fsp3) is 0.500. The molecule has 1 unspecified atom stereocenters. The number of thiophene rings is 1.